The molecule has 0 aliphatic carbocycles. The van der Waals surface area contributed by atoms with Crippen LogP contribution in [-0.2, 0) is 9.84 Å². The van der Waals surface area contributed by atoms with Gasteiger partial charge >= 0.3 is 0 Å². The summed E-state index contributed by atoms with van der Waals surface area (Å²) in [4.78, 5) is 0.317. The molecule has 0 spiro atoms. The summed E-state index contributed by atoms with van der Waals surface area (Å²) in [5, 5.41) is 3.20. The Labute approximate surface area is 103 Å². The van der Waals surface area contributed by atoms with Crippen LogP contribution in [0.1, 0.15) is 13.3 Å². The highest BCUT2D eigenvalue weighted by Crippen LogP contribution is 2.15. The lowest BCUT2D eigenvalue weighted by atomic mass is 10.3. The first-order valence-electron chi connectivity index (χ1n) is 5.67. The molecule has 96 valence electrons. The molecule has 0 saturated heterocycles. The molecule has 0 unspecified atom stereocenters. The third kappa shape index (κ3) is 5.19. The lowest BCUT2D eigenvalue weighted by molar-refractivity contribution is 0.308. The molecule has 0 heterocycles. The normalized spacial score (nSPS) is 11.4. The maximum atomic E-state index is 11.2. The third-order valence-corrected chi connectivity index (χ3v) is 3.40. The molecule has 0 aromatic heterocycles. The molecule has 0 aliphatic heterocycles. The maximum Gasteiger partial charge on any atom is 0.175 e. The van der Waals surface area contributed by atoms with E-state index in [1.54, 1.807) is 24.3 Å². The molecule has 1 aromatic carbocycles. The molecule has 0 bridgehead atoms. The standard InChI is InChI=1S/C12H19NO3S/c1-3-13-9-4-10-16-11-5-7-12(8-6-11)17(2,14)15/h5-8,13H,3-4,9-10H2,1-2H3. The van der Waals surface area contributed by atoms with Crippen molar-refractivity contribution < 1.29 is 13.2 Å². The van der Waals surface area contributed by atoms with E-state index < -0.39 is 9.84 Å². The molecule has 1 N–H and O–H groups in total. The monoisotopic (exact) mass is 257 g/mol. The van der Waals surface area contributed by atoms with E-state index in [4.69, 9.17) is 4.74 Å². The summed E-state index contributed by atoms with van der Waals surface area (Å²) >= 11 is 0. The van der Waals surface area contributed by atoms with Crippen molar-refractivity contribution in [2.45, 2.75) is 18.2 Å². The van der Waals surface area contributed by atoms with Gasteiger partial charge in [-0.05, 0) is 43.8 Å². The number of nitrogens with one attached hydrogen (secondary N) is 1. The van der Waals surface area contributed by atoms with E-state index in [1.807, 2.05) is 0 Å². The largest absolute Gasteiger partial charge is 0.494 e. The van der Waals surface area contributed by atoms with E-state index in [-0.39, 0.29) is 0 Å². The average Bonchev–Trinajstić information content (AvgIpc) is 2.28. The van der Waals surface area contributed by atoms with E-state index in [0.717, 1.165) is 19.5 Å². The number of ether oxygens (including phenoxy) is 1. The molecule has 5 heteroatoms. The third-order valence-electron chi connectivity index (χ3n) is 2.27. The quantitative estimate of drug-likeness (QED) is 0.752. The highest BCUT2D eigenvalue weighted by molar-refractivity contribution is 7.90. The molecule has 0 saturated carbocycles. The topological polar surface area (TPSA) is 55.4 Å². The van der Waals surface area contributed by atoms with Crippen molar-refractivity contribution in [3.8, 4) is 5.75 Å². The van der Waals surface area contributed by atoms with Crippen molar-refractivity contribution in [3.63, 3.8) is 0 Å². The zero-order chi connectivity index (χ0) is 12.7. The van der Waals surface area contributed by atoms with E-state index in [0.29, 0.717) is 17.3 Å². The van der Waals surface area contributed by atoms with Crippen LogP contribution in [0.15, 0.2) is 29.2 Å². The number of hydrogen-bond acceptors (Lipinski definition) is 4. The van der Waals surface area contributed by atoms with Crippen LogP contribution in [-0.4, -0.2) is 34.4 Å². The lowest BCUT2D eigenvalue weighted by Crippen LogP contribution is -2.16. The maximum absolute atomic E-state index is 11.2. The summed E-state index contributed by atoms with van der Waals surface area (Å²) < 4.78 is 27.9. The summed E-state index contributed by atoms with van der Waals surface area (Å²) in [6.07, 6.45) is 2.13. The first-order valence-corrected chi connectivity index (χ1v) is 7.57. The van der Waals surface area contributed by atoms with Gasteiger partial charge in [0.2, 0.25) is 0 Å². The molecule has 0 atom stereocenters. The number of rotatable bonds is 7. The second-order valence-corrected chi connectivity index (χ2v) is 5.81. The Kier molecular flexibility index (Phi) is 5.44. The van der Waals surface area contributed by atoms with Crippen molar-refractivity contribution in [1.82, 2.24) is 5.32 Å². The smallest absolute Gasteiger partial charge is 0.175 e. The zero-order valence-corrected chi connectivity index (χ0v) is 11.1. The van der Waals surface area contributed by atoms with Crippen LogP contribution in [0.5, 0.6) is 5.75 Å². The molecule has 4 nitrogen and oxygen atoms in total. The minimum absolute atomic E-state index is 0.317. The van der Waals surface area contributed by atoms with Gasteiger partial charge in [0, 0.05) is 6.26 Å². The van der Waals surface area contributed by atoms with Crippen LogP contribution in [0.25, 0.3) is 0 Å². The van der Waals surface area contributed by atoms with Crippen molar-refractivity contribution in [1.29, 1.82) is 0 Å². The Bertz CT molecular complexity index is 426. The van der Waals surface area contributed by atoms with Gasteiger partial charge in [-0.2, -0.15) is 0 Å². The summed E-state index contributed by atoms with van der Waals surface area (Å²) in [5.74, 6) is 0.703. The number of hydrogen-bond donors (Lipinski definition) is 1. The van der Waals surface area contributed by atoms with Gasteiger partial charge in [-0.15, -0.1) is 0 Å². The molecule has 17 heavy (non-hydrogen) atoms. The predicted octanol–water partition coefficient (Wildman–Crippen LogP) is 1.47. The first kappa shape index (κ1) is 14.0. The van der Waals surface area contributed by atoms with Gasteiger partial charge in [0.05, 0.1) is 11.5 Å². The van der Waals surface area contributed by atoms with Crippen LogP contribution in [0.4, 0.5) is 0 Å². The molecule has 0 radical (unpaired) electrons. The zero-order valence-electron chi connectivity index (χ0n) is 10.3. The SMILES string of the molecule is CCNCCCOc1ccc(S(C)(=O)=O)cc1. The van der Waals surface area contributed by atoms with E-state index in [2.05, 4.69) is 12.2 Å². The molecule has 1 rings (SSSR count). The van der Waals surface area contributed by atoms with Crippen LogP contribution in [0.2, 0.25) is 0 Å². The van der Waals surface area contributed by atoms with E-state index in [1.165, 1.54) is 6.26 Å². The Hall–Kier alpha value is -1.07. The Morgan fingerprint density at radius 3 is 2.41 bits per heavy atom. The fourth-order valence-electron chi connectivity index (χ4n) is 1.35. The summed E-state index contributed by atoms with van der Waals surface area (Å²) in [6.45, 7) is 4.58. The van der Waals surface area contributed by atoms with Crippen LogP contribution in [0, 0.1) is 0 Å². The van der Waals surface area contributed by atoms with Gasteiger partial charge in [-0.1, -0.05) is 6.92 Å². The van der Waals surface area contributed by atoms with Gasteiger partial charge in [0.15, 0.2) is 9.84 Å². The van der Waals surface area contributed by atoms with Crippen molar-refractivity contribution in [2.75, 3.05) is 26.0 Å². The lowest BCUT2D eigenvalue weighted by Gasteiger charge is -2.06. The fourth-order valence-corrected chi connectivity index (χ4v) is 1.98. The van der Waals surface area contributed by atoms with Crippen LogP contribution < -0.4 is 10.1 Å². The van der Waals surface area contributed by atoms with Gasteiger partial charge < -0.3 is 10.1 Å². The fraction of sp³-hybridized carbons (Fsp3) is 0.500. The Balaban J connectivity index is 2.41. The summed E-state index contributed by atoms with van der Waals surface area (Å²) in [5.41, 5.74) is 0. The molecular formula is C12H19NO3S. The van der Waals surface area contributed by atoms with Crippen molar-refractivity contribution in [2.24, 2.45) is 0 Å². The number of sulfone groups is 1. The predicted molar refractivity (Wildman–Crippen MR) is 68.2 cm³/mol. The van der Waals surface area contributed by atoms with Crippen LogP contribution in [0.3, 0.4) is 0 Å². The molecule has 1 aromatic rings. The average molecular weight is 257 g/mol. The highest BCUT2D eigenvalue weighted by Gasteiger charge is 2.06. The minimum atomic E-state index is -3.12. The molecule has 0 fully saturated rings. The van der Waals surface area contributed by atoms with Crippen LogP contribution >= 0.6 is 0 Å². The van der Waals surface area contributed by atoms with Gasteiger partial charge in [-0.25, -0.2) is 8.42 Å². The van der Waals surface area contributed by atoms with Gasteiger partial charge in [0.25, 0.3) is 0 Å². The molecule has 0 amide bonds. The van der Waals surface area contributed by atoms with Crippen molar-refractivity contribution >= 4 is 9.84 Å². The first-order chi connectivity index (χ1) is 8.04. The second-order valence-electron chi connectivity index (χ2n) is 3.80. The second kappa shape index (κ2) is 6.61. The molecule has 0 aliphatic rings. The summed E-state index contributed by atoms with van der Waals surface area (Å²) in [6, 6.07) is 6.50. The summed E-state index contributed by atoms with van der Waals surface area (Å²) in [7, 11) is -3.12. The highest BCUT2D eigenvalue weighted by atomic mass is 32.2. The van der Waals surface area contributed by atoms with Gasteiger partial charge in [0.1, 0.15) is 5.75 Å². The Morgan fingerprint density at radius 2 is 1.88 bits per heavy atom. The molecular weight excluding hydrogens is 238 g/mol. The number of benzene rings is 1. The van der Waals surface area contributed by atoms with E-state index >= 15 is 0 Å². The van der Waals surface area contributed by atoms with Gasteiger partial charge in [-0.3, -0.25) is 0 Å². The Morgan fingerprint density at radius 1 is 1.24 bits per heavy atom. The van der Waals surface area contributed by atoms with E-state index in [9.17, 15) is 8.42 Å². The van der Waals surface area contributed by atoms with Crippen molar-refractivity contribution in [3.05, 3.63) is 24.3 Å². The minimum Gasteiger partial charge on any atom is -0.494 e.